The van der Waals surface area contributed by atoms with Gasteiger partial charge in [-0.1, -0.05) is 27.7 Å². The van der Waals surface area contributed by atoms with Gasteiger partial charge in [0.1, 0.15) is 12.2 Å². The summed E-state index contributed by atoms with van der Waals surface area (Å²) >= 11 is 0. The molecule has 0 radical (unpaired) electrons. The average Bonchev–Trinajstić information content (AvgIpc) is 3.35. The summed E-state index contributed by atoms with van der Waals surface area (Å²) in [4.78, 5) is 38.6. The maximum absolute atomic E-state index is 13.4. The molecule has 0 bridgehead atoms. The van der Waals surface area contributed by atoms with Gasteiger partial charge in [-0.2, -0.15) is 0 Å². The first-order chi connectivity index (χ1) is 13.8. The van der Waals surface area contributed by atoms with Crippen molar-refractivity contribution in [2.24, 2.45) is 34.0 Å². The molecule has 9 nitrogen and oxygen atoms in total. The highest BCUT2D eigenvalue weighted by Gasteiger charge is 3.03. The third-order valence-corrected chi connectivity index (χ3v) is 9.39. The van der Waals surface area contributed by atoms with E-state index in [0.717, 1.165) is 0 Å². The number of fused-ring (bicyclic) bond motifs is 1. The molecule has 164 valence electrons. The number of hydrogen-bond donors (Lipinski definition) is 2. The lowest BCUT2D eigenvalue weighted by Crippen LogP contribution is -2.66. The molecule has 4 unspecified atom stereocenters. The predicted octanol–water partition coefficient (Wildman–Crippen LogP) is -0.0943. The van der Waals surface area contributed by atoms with Crippen molar-refractivity contribution in [3.05, 3.63) is 0 Å². The monoisotopic (exact) mass is 422 g/mol. The van der Waals surface area contributed by atoms with Crippen LogP contribution in [0.1, 0.15) is 41.0 Å². The summed E-state index contributed by atoms with van der Waals surface area (Å²) in [6, 6.07) is 0. The Kier molecular flexibility index (Phi) is 2.98. The van der Waals surface area contributed by atoms with Gasteiger partial charge in [0.2, 0.25) is 11.9 Å². The number of carbonyl (C=O) groups is 3. The van der Waals surface area contributed by atoms with Crippen LogP contribution in [0.15, 0.2) is 0 Å². The van der Waals surface area contributed by atoms with Crippen molar-refractivity contribution in [1.29, 1.82) is 0 Å². The van der Waals surface area contributed by atoms with Gasteiger partial charge in [0.25, 0.3) is 0 Å². The Labute approximate surface area is 173 Å². The highest BCUT2D eigenvalue weighted by Crippen LogP contribution is 2.85. The maximum Gasteiger partial charge on any atom is 0.343 e. The Morgan fingerprint density at radius 2 is 1.63 bits per heavy atom. The summed E-state index contributed by atoms with van der Waals surface area (Å²) in [7, 11) is 0. The Balaban J connectivity index is 1.72. The number of carbonyl (C=O) groups excluding carboxylic acids is 3. The molecule has 0 aromatic carbocycles. The molecule has 6 aliphatic rings. The van der Waals surface area contributed by atoms with Gasteiger partial charge < -0.3 is 29.2 Å². The first kappa shape index (κ1) is 19.0. The zero-order valence-corrected chi connectivity index (χ0v) is 17.5. The standard InChI is InChI=1S/C21H26O9/c1-7-13(23)29-16-18(7)9(17(3,4)5)6-10-19(18)11(22)12-20(26,8(2)14(24)28-12)21(19,30-16)15(25)27-10/h7-12,16,22,26H,6H2,1-5H3/t7-,8+,9-,10?,11-,12-,16?,18?,19?,20+,21-/m0/s1. The van der Waals surface area contributed by atoms with Gasteiger partial charge in [-0.05, 0) is 24.7 Å². The maximum atomic E-state index is 13.4. The molecule has 4 aliphatic heterocycles. The van der Waals surface area contributed by atoms with Crippen LogP contribution in [-0.4, -0.2) is 63.9 Å². The van der Waals surface area contributed by atoms with Gasteiger partial charge in [-0.15, -0.1) is 0 Å². The van der Waals surface area contributed by atoms with E-state index in [4.69, 9.17) is 18.9 Å². The van der Waals surface area contributed by atoms with E-state index in [-0.39, 0.29) is 11.3 Å². The highest BCUT2D eigenvalue weighted by atomic mass is 16.7. The van der Waals surface area contributed by atoms with E-state index >= 15 is 0 Å². The van der Waals surface area contributed by atoms with Crippen LogP contribution in [0, 0.1) is 34.0 Å². The normalized spacial score (nSPS) is 60.1. The summed E-state index contributed by atoms with van der Waals surface area (Å²) in [6.07, 6.45) is -4.35. The second-order valence-electron chi connectivity index (χ2n) is 11.0. The predicted molar refractivity (Wildman–Crippen MR) is 95.2 cm³/mol. The van der Waals surface area contributed by atoms with E-state index in [2.05, 4.69) is 0 Å². The van der Waals surface area contributed by atoms with Gasteiger partial charge >= 0.3 is 17.9 Å². The first-order valence-electron chi connectivity index (χ1n) is 10.5. The molecule has 0 aromatic rings. The molecular formula is C21H26O9. The molecule has 0 amide bonds. The van der Waals surface area contributed by atoms with E-state index in [1.54, 1.807) is 6.92 Å². The van der Waals surface area contributed by atoms with Crippen LogP contribution in [0.3, 0.4) is 0 Å². The van der Waals surface area contributed by atoms with Gasteiger partial charge in [0.05, 0.1) is 22.7 Å². The number of rotatable bonds is 0. The molecule has 4 heterocycles. The third kappa shape index (κ3) is 1.33. The van der Waals surface area contributed by atoms with Crippen LogP contribution in [0.5, 0.6) is 0 Å². The van der Waals surface area contributed by atoms with E-state index < -0.39 is 76.4 Å². The van der Waals surface area contributed by atoms with Crippen LogP contribution >= 0.6 is 0 Å². The number of hydrogen-bond acceptors (Lipinski definition) is 9. The topological polar surface area (TPSA) is 129 Å². The minimum atomic E-state index is -2.13. The summed E-state index contributed by atoms with van der Waals surface area (Å²) in [5.41, 5.74) is -7.14. The lowest BCUT2D eigenvalue weighted by atomic mass is 9.49. The molecule has 30 heavy (non-hydrogen) atoms. The number of ether oxygens (including phenoxy) is 4. The minimum absolute atomic E-state index is 0.223. The van der Waals surface area contributed by atoms with Crippen molar-refractivity contribution in [3.63, 3.8) is 0 Å². The van der Waals surface area contributed by atoms with Crippen molar-refractivity contribution in [2.75, 3.05) is 0 Å². The molecule has 2 saturated carbocycles. The lowest BCUT2D eigenvalue weighted by molar-refractivity contribution is -0.239. The van der Waals surface area contributed by atoms with Crippen LogP contribution in [-0.2, 0) is 33.3 Å². The van der Waals surface area contributed by atoms with E-state index in [0.29, 0.717) is 6.42 Å². The second-order valence-corrected chi connectivity index (χ2v) is 11.0. The van der Waals surface area contributed by atoms with Crippen molar-refractivity contribution in [3.8, 4) is 0 Å². The quantitative estimate of drug-likeness (QED) is 0.406. The molecule has 2 aliphatic carbocycles. The van der Waals surface area contributed by atoms with Gasteiger partial charge in [-0.3, -0.25) is 9.59 Å². The minimum Gasteiger partial charge on any atom is -0.459 e. The molecular weight excluding hydrogens is 396 g/mol. The fraction of sp³-hybridized carbons (Fsp3) is 0.857. The molecule has 11 atom stereocenters. The number of aliphatic hydroxyl groups is 2. The fourth-order valence-corrected chi connectivity index (χ4v) is 8.47. The summed E-state index contributed by atoms with van der Waals surface area (Å²) in [5.74, 6) is -4.08. The van der Waals surface area contributed by atoms with Crippen molar-refractivity contribution in [2.45, 2.75) is 76.8 Å². The largest absolute Gasteiger partial charge is 0.459 e. The molecule has 6 fully saturated rings. The molecule has 9 heteroatoms. The van der Waals surface area contributed by atoms with Crippen LogP contribution in [0.4, 0.5) is 0 Å². The van der Waals surface area contributed by atoms with Gasteiger partial charge in [0, 0.05) is 0 Å². The summed E-state index contributed by atoms with van der Waals surface area (Å²) in [6.45, 7) is 9.26. The fourth-order valence-electron chi connectivity index (χ4n) is 8.47. The van der Waals surface area contributed by atoms with Crippen LogP contribution in [0.25, 0.3) is 0 Å². The third-order valence-electron chi connectivity index (χ3n) is 9.39. The summed E-state index contributed by atoms with van der Waals surface area (Å²) in [5, 5.41) is 23.7. The Morgan fingerprint density at radius 1 is 1.00 bits per heavy atom. The molecule has 2 N–H and O–H groups in total. The van der Waals surface area contributed by atoms with E-state index in [1.165, 1.54) is 6.92 Å². The van der Waals surface area contributed by atoms with Gasteiger partial charge in [0.15, 0.2) is 11.7 Å². The molecule has 4 saturated heterocycles. The number of aliphatic hydroxyl groups excluding tert-OH is 1. The Hall–Kier alpha value is -1.71. The zero-order chi connectivity index (χ0) is 21.8. The Morgan fingerprint density at radius 3 is 2.27 bits per heavy atom. The van der Waals surface area contributed by atoms with Crippen LogP contribution < -0.4 is 0 Å². The first-order valence-corrected chi connectivity index (χ1v) is 10.5. The van der Waals surface area contributed by atoms with E-state index in [1.807, 2.05) is 20.8 Å². The Bertz CT molecular complexity index is 924. The SMILES string of the molecule is C[C@@H]1C(=O)O[C@H]2[C@H](O)C34C5C[C@@H](C(C)(C)C)C36C(OC(=O)[C@@H]6C)O[C@]4(C(=O)O5)[C@@]12O. The van der Waals surface area contributed by atoms with Crippen molar-refractivity contribution < 1.29 is 43.5 Å². The molecule has 0 aromatic heterocycles. The average molecular weight is 422 g/mol. The van der Waals surface area contributed by atoms with Crippen LogP contribution in [0.2, 0.25) is 0 Å². The van der Waals surface area contributed by atoms with Crippen molar-refractivity contribution >= 4 is 17.9 Å². The lowest BCUT2D eigenvalue weighted by Gasteiger charge is -2.48. The van der Waals surface area contributed by atoms with Crippen molar-refractivity contribution in [1.82, 2.24) is 0 Å². The number of esters is 3. The van der Waals surface area contributed by atoms with E-state index in [9.17, 15) is 24.6 Å². The summed E-state index contributed by atoms with van der Waals surface area (Å²) < 4.78 is 23.1. The molecule has 6 rings (SSSR count). The zero-order valence-electron chi connectivity index (χ0n) is 17.5. The second kappa shape index (κ2) is 4.71. The smallest absolute Gasteiger partial charge is 0.343 e. The van der Waals surface area contributed by atoms with Gasteiger partial charge in [-0.25, -0.2) is 4.79 Å². The highest BCUT2D eigenvalue weighted by molar-refractivity contribution is 5.93. The molecule has 2 spiro atoms.